The van der Waals surface area contributed by atoms with Crippen molar-refractivity contribution in [2.45, 2.75) is 10.9 Å². The van der Waals surface area contributed by atoms with Crippen molar-refractivity contribution in [1.29, 1.82) is 0 Å². The maximum atomic E-state index is 13.6. The third-order valence-corrected chi connectivity index (χ3v) is 7.63. The number of rotatable bonds is 8. The Morgan fingerprint density at radius 1 is 0.743 bits per heavy atom. The van der Waals surface area contributed by atoms with E-state index in [9.17, 15) is 13.2 Å². The van der Waals surface area contributed by atoms with Gasteiger partial charge in [0.25, 0.3) is 10.0 Å². The van der Waals surface area contributed by atoms with Gasteiger partial charge in [0.2, 0.25) is 5.91 Å². The zero-order chi connectivity index (χ0) is 24.8. The van der Waals surface area contributed by atoms with Crippen molar-refractivity contribution in [1.82, 2.24) is 5.32 Å². The molecule has 0 saturated carbocycles. The third-order valence-electron chi connectivity index (χ3n) is 5.36. The third kappa shape index (κ3) is 6.03. The van der Waals surface area contributed by atoms with E-state index in [1.54, 1.807) is 18.2 Å². The van der Waals surface area contributed by atoms with Gasteiger partial charge < -0.3 is 5.32 Å². The molecule has 0 heterocycles. The minimum atomic E-state index is -4.09. The molecule has 0 radical (unpaired) electrons. The average molecular weight is 525 g/mol. The van der Waals surface area contributed by atoms with Crippen molar-refractivity contribution in [3.63, 3.8) is 0 Å². The van der Waals surface area contributed by atoms with Gasteiger partial charge in [-0.2, -0.15) is 0 Å². The van der Waals surface area contributed by atoms with Crippen molar-refractivity contribution >= 4 is 44.8 Å². The minimum absolute atomic E-state index is 0.0114. The average Bonchev–Trinajstić information content (AvgIpc) is 2.87. The Labute approximate surface area is 215 Å². The minimum Gasteiger partial charge on any atom is -0.344 e. The summed E-state index contributed by atoms with van der Waals surface area (Å²) in [6.07, 6.45) is 0. The van der Waals surface area contributed by atoms with E-state index in [0.717, 1.165) is 15.4 Å². The Bertz CT molecular complexity index is 1360. The second-order valence-electron chi connectivity index (χ2n) is 7.77. The van der Waals surface area contributed by atoms with E-state index < -0.39 is 28.5 Å². The normalized spacial score (nSPS) is 11.3. The first-order valence-corrected chi connectivity index (χ1v) is 13.0. The molecule has 0 aliphatic rings. The highest BCUT2D eigenvalue weighted by Gasteiger charge is 2.28. The lowest BCUT2D eigenvalue weighted by Gasteiger charge is -2.26. The molecule has 1 amide bonds. The monoisotopic (exact) mass is 524 g/mol. The molecule has 4 aromatic rings. The van der Waals surface area contributed by atoms with Gasteiger partial charge in [-0.25, -0.2) is 8.42 Å². The summed E-state index contributed by atoms with van der Waals surface area (Å²) in [7, 11) is -4.09. The quantitative estimate of drug-likeness (QED) is 0.303. The van der Waals surface area contributed by atoms with Crippen LogP contribution in [0.3, 0.4) is 0 Å². The van der Waals surface area contributed by atoms with Gasteiger partial charge in [0.15, 0.2) is 0 Å². The number of hydrogen-bond donors (Lipinski definition) is 1. The van der Waals surface area contributed by atoms with E-state index >= 15 is 0 Å². The predicted molar refractivity (Wildman–Crippen MR) is 140 cm³/mol. The topological polar surface area (TPSA) is 66.5 Å². The molecule has 8 heteroatoms. The Kier molecular flexibility index (Phi) is 7.76. The lowest BCUT2D eigenvalue weighted by molar-refractivity contribution is -0.120. The van der Waals surface area contributed by atoms with Crippen molar-refractivity contribution in [3.8, 4) is 0 Å². The number of amides is 1. The van der Waals surface area contributed by atoms with Gasteiger partial charge in [0.05, 0.1) is 16.6 Å². The summed E-state index contributed by atoms with van der Waals surface area (Å²) >= 11 is 12.1. The zero-order valence-corrected chi connectivity index (χ0v) is 20.8. The molecular formula is C27H22Cl2N2O3S. The fraction of sp³-hybridized carbons (Fsp3) is 0.0741. The first-order chi connectivity index (χ1) is 16.8. The van der Waals surface area contributed by atoms with Gasteiger partial charge in [-0.05, 0) is 53.6 Å². The summed E-state index contributed by atoms with van der Waals surface area (Å²) in [5, 5.41) is 3.76. The van der Waals surface area contributed by atoms with Crippen LogP contribution < -0.4 is 9.62 Å². The molecule has 0 aliphatic heterocycles. The highest BCUT2D eigenvalue weighted by molar-refractivity contribution is 7.92. The number of nitrogens with one attached hydrogen (secondary N) is 1. The van der Waals surface area contributed by atoms with Crippen LogP contribution in [0.4, 0.5) is 5.69 Å². The fourth-order valence-corrected chi connectivity index (χ4v) is 5.39. The summed E-state index contributed by atoms with van der Waals surface area (Å²) < 4.78 is 28.2. The number of sulfonamides is 1. The number of nitrogens with zero attached hydrogens (tertiary/aromatic N) is 1. The van der Waals surface area contributed by atoms with Crippen LogP contribution in [-0.4, -0.2) is 20.9 Å². The van der Waals surface area contributed by atoms with Crippen LogP contribution in [0, 0.1) is 0 Å². The first-order valence-electron chi connectivity index (χ1n) is 10.8. The summed E-state index contributed by atoms with van der Waals surface area (Å²) in [6.45, 7) is -0.443. The molecule has 0 saturated heterocycles. The molecule has 4 rings (SSSR count). The largest absolute Gasteiger partial charge is 0.344 e. The molecule has 5 nitrogen and oxygen atoms in total. The van der Waals surface area contributed by atoms with E-state index in [4.69, 9.17) is 23.2 Å². The molecule has 0 spiro atoms. The van der Waals surface area contributed by atoms with E-state index in [1.807, 2.05) is 60.7 Å². The number of benzene rings is 4. The van der Waals surface area contributed by atoms with Gasteiger partial charge in [-0.3, -0.25) is 9.10 Å². The molecular weight excluding hydrogens is 503 g/mol. The lowest BCUT2D eigenvalue weighted by atomic mass is 9.99. The van der Waals surface area contributed by atoms with Crippen LogP contribution >= 0.6 is 23.2 Å². The number of carbonyl (C=O) groups is 1. The van der Waals surface area contributed by atoms with Crippen molar-refractivity contribution in [2.24, 2.45) is 0 Å². The number of carbonyl (C=O) groups excluding carboxylic acids is 1. The molecule has 0 atom stereocenters. The fourth-order valence-electron chi connectivity index (χ4n) is 3.67. The molecule has 0 aliphatic carbocycles. The van der Waals surface area contributed by atoms with Crippen LogP contribution in [0.25, 0.3) is 0 Å². The highest BCUT2D eigenvalue weighted by atomic mass is 35.5. The number of hydrogen-bond acceptors (Lipinski definition) is 3. The molecule has 0 fully saturated rings. The highest BCUT2D eigenvalue weighted by Crippen LogP contribution is 2.27. The molecule has 178 valence electrons. The van der Waals surface area contributed by atoms with Gasteiger partial charge in [0.1, 0.15) is 6.54 Å². The summed E-state index contributed by atoms with van der Waals surface area (Å²) in [4.78, 5) is 13.3. The van der Waals surface area contributed by atoms with E-state index in [-0.39, 0.29) is 10.6 Å². The second kappa shape index (κ2) is 11.0. The van der Waals surface area contributed by atoms with Crippen LogP contribution in [0.15, 0.2) is 114 Å². The predicted octanol–water partition coefficient (Wildman–Crippen LogP) is 6.09. The van der Waals surface area contributed by atoms with Gasteiger partial charge in [-0.1, -0.05) is 89.9 Å². The van der Waals surface area contributed by atoms with E-state index in [2.05, 4.69) is 5.32 Å². The number of halogens is 2. The summed E-state index contributed by atoms with van der Waals surface area (Å²) in [5.41, 5.74) is 2.03. The lowest BCUT2D eigenvalue weighted by Crippen LogP contribution is -2.42. The zero-order valence-electron chi connectivity index (χ0n) is 18.5. The summed E-state index contributed by atoms with van der Waals surface area (Å²) in [5.74, 6) is -0.472. The molecule has 0 bridgehead atoms. The summed E-state index contributed by atoms with van der Waals surface area (Å²) in [6, 6.07) is 30.7. The smallest absolute Gasteiger partial charge is 0.264 e. The molecule has 0 unspecified atom stereocenters. The van der Waals surface area contributed by atoms with Gasteiger partial charge >= 0.3 is 0 Å². The Morgan fingerprint density at radius 2 is 1.31 bits per heavy atom. The number of anilines is 1. The maximum Gasteiger partial charge on any atom is 0.264 e. The van der Waals surface area contributed by atoms with Crippen molar-refractivity contribution < 1.29 is 13.2 Å². The van der Waals surface area contributed by atoms with Crippen molar-refractivity contribution in [3.05, 3.63) is 130 Å². The van der Waals surface area contributed by atoms with E-state index in [1.165, 1.54) is 30.3 Å². The van der Waals surface area contributed by atoms with Crippen LogP contribution in [0.5, 0.6) is 0 Å². The standard InChI is InChI=1S/C27H22Cl2N2O3S/c28-22-14-16-25(17-15-22)35(33,34)31(24-13-7-12-23(29)18-24)19-26(32)30-27(20-8-3-1-4-9-20)21-10-5-2-6-11-21/h1-18,27H,19H2,(H,30,32). The SMILES string of the molecule is O=C(CN(c1cccc(Cl)c1)S(=O)(=O)c1ccc(Cl)cc1)NC(c1ccccc1)c1ccccc1. The molecule has 0 aromatic heterocycles. The van der Waals surface area contributed by atoms with Gasteiger partial charge in [0, 0.05) is 10.0 Å². The van der Waals surface area contributed by atoms with Crippen molar-refractivity contribution in [2.75, 3.05) is 10.8 Å². The van der Waals surface area contributed by atoms with Crippen LogP contribution in [-0.2, 0) is 14.8 Å². The Morgan fingerprint density at radius 3 is 1.86 bits per heavy atom. The second-order valence-corrected chi connectivity index (χ2v) is 10.5. The van der Waals surface area contributed by atoms with Crippen LogP contribution in [0.2, 0.25) is 10.0 Å². The van der Waals surface area contributed by atoms with Crippen LogP contribution in [0.1, 0.15) is 17.2 Å². The first kappa shape index (κ1) is 24.8. The maximum absolute atomic E-state index is 13.6. The molecule has 35 heavy (non-hydrogen) atoms. The molecule has 4 aromatic carbocycles. The Balaban J connectivity index is 1.68. The van der Waals surface area contributed by atoms with E-state index in [0.29, 0.717) is 10.0 Å². The van der Waals surface area contributed by atoms with Gasteiger partial charge in [-0.15, -0.1) is 0 Å². The molecule has 1 N–H and O–H groups in total. The Hall–Kier alpha value is -3.32.